The summed E-state index contributed by atoms with van der Waals surface area (Å²) in [6, 6.07) is 18.2. The third-order valence-electron chi connectivity index (χ3n) is 6.71. The SMILES string of the molecule is Cc1cccc(-c2noc(N3CCOCC3)c2CN(C[C@H]2CCCO2)C(=O)Cc2ccccc2)c1. The van der Waals surface area contributed by atoms with Crippen LogP contribution in [0.15, 0.2) is 59.1 Å². The molecule has 0 bridgehead atoms. The van der Waals surface area contributed by atoms with Gasteiger partial charge in [0.15, 0.2) is 0 Å². The van der Waals surface area contributed by atoms with Gasteiger partial charge in [-0.15, -0.1) is 0 Å². The molecule has 0 aliphatic carbocycles. The number of amides is 1. The van der Waals surface area contributed by atoms with Crippen molar-refractivity contribution in [3.63, 3.8) is 0 Å². The number of carbonyl (C=O) groups excluding carboxylic acids is 1. The van der Waals surface area contributed by atoms with Gasteiger partial charge >= 0.3 is 0 Å². The number of benzene rings is 2. The van der Waals surface area contributed by atoms with E-state index in [1.807, 2.05) is 47.4 Å². The average Bonchev–Trinajstić information content (AvgIpc) is 3.55. The first kappa shape index (κ1) is 23.6. The van der Waals surface area contributed by atoms with Gasteiger partial charge in [-0.2, -0.15) is 0 Å². The largest absolute Gasteiger partial charge is 0.378 e. The van der Waals surface area contributed by atoms with Crippen molar-refractivity contribution >= 4 is 11.8 Å². The second kappa shape index (κ2) is 11.1. The van der Waals surface area contributed by atoms with Gasteiger partial charge in [-0.3, -0.25) is 4.79 Å². The summed E-state index contributed by atoms with van der Waals surface area (Å²) in [4.78, 5) is 17.7. The summed E-state index contributed by atoms with van der Waals surface area (Å²) in [5.41, 5.74) is 4.89. The fourth-order valence-corrected chi connectivity index (χ4v) is 4.84. The quantitative estimate of drug-likeness (QED) is 0.486. The summed E-state index contributed by atoms with van der Waals surface area (Å²) in [5, 5.41) is 4.50. The number of anilines is 1. The number of rotatable bonds is 8. The molecule has 7 heteroatoms. The molecule has 2 fully saturated rings. The smallest absolute Gasteiger partial charge is 0.233 e. The number of aryl methyl sites for hydroxylation is 1. The minimum absolute atomic E-state index is 0.0591. The number of hydrogen-bond donors (Lipinski definition) is 0. The van der Waals surface area contributed by atoms with E-state index in [9.17, 15) is 4.79 Å². The van der Waals surface area contributed by atoms with Crippen LogP contribution in [0.3, 0.4) is 0 Å². The highest BCUT2D eigenvalue weighted by Crippen LogP contribution is 2.34. The van der Waals surface area contributed by atoms with Crippen molar-refractivity contribution in [2.75, 3.05) is 44.4 Å². The summed E-state index contributed by atoms with van der Waals surface area (Å²) in [6.45, 7) is 6.57. The Morgan fingerprint density at radius 3 is 2.66 bits per heavy atom. The predicted molar refractivity (Wildman–Crippen MR) is 134 cm³/mol. The van der Waals surface area contributed by atoms with Crippen LogP contribution in [0.4, 0.5) is 5.88 Å². The van der Waals surface area contributed by atoms with E-state index in [1.165, 1.54) is 0 Å². The summed E-state index contributed by atoms with van der Waals surface area (Å²) >= 11 is 0. The first-order valence-electron chi connectivity index (χ1n) is 12.5. The Morgan fingerprint density at radius 1 is 1.09 bits per heavy atom. The maximum absolute atomic E-state index is 13.6. The Hall–Kier alpha value is -3.16. The molecule has 5 rings (SSSR count). The van der Waals surface area contributed by atoms with Gasteiger partial charge in [0.25, 0.3) is 0 Å². The molecule has 2 aliphatic heterocycles. The van der Waals surface area contributed by atoms with E-state index in [-0.39, 0.29) is 12.0 Å². The van der Waals surface area contributed by atoms with Crippen molar-refractivity contribution in [1.82, 2.24) is 10.1 Å². The van der Waals surface area contributed by atoms with E-state index >= 15 is 0 Å². The molecule has 1 aromatic heterocycles. The maximum Gasteiger partial charge on any atom is 0.233 e. The number of hydrogen-bond acceptors (Lipinski definition) is 6. The van der Waals surface area contributed by atoms with Gasteiger partial charge in [0.2, 0.25) is 11.8 Å². The molecule has 1 atom stereocenters. The molecule has 0 spiro atoms. The Balaban J connectivity index is 1.48. The monoisotopic (exact) mass is 475 g/mol. The molecule has 2 aliphatic rings. The van der Waals surface area contributed by atoms with Crippen LogP contribution < -0.4 is 4.90 Å². The fraction of sp³-hybridized carbons (Fsp3) is 0.429. The third kappa shape index (κ3) is 5.74. The molecule has 0 N–H and O–H groups in total. The highest BCUT2D eigenvalue weighted by Gasteiger charge is 2.29. The lowest BCUT2D eigenvalue weighted by Crippen LogP contribution is -2.39. The number of aromatic nitrogens is 1. The highest BCUT2D eigenvalue weighted by atomic mass is 16.5. The van der Waals surface area contributed by atoms with Crippen LogP contribution in [0.5, 0.6) is 0 Å². The molecule has 2 saturated heterocycles. The number of morpholine rings is 1. The summed E-state index contributed by atoms with van der Waals surface area (Å²) in [6.07, 6.45) is 2.42. The molecule has 35 heavy (non-hydrogen) atoms. The van der Waals surface area contributed by atoms with Crippen molar-refractivity contribution in [1.29, 1.82) is 0 Å². The molecule has 7 nitrogen and oxygen atoms in total. The molecule has 0 radical (unpaired) electrons. The van der Waals surface area contributed by atoms with Gasteiger partial charge in [-0.1, -0.05) is 59.3 Å². The molecule has 2 aromatic carbocycles. The van der Waals surface area contributed by atoms with E-state index in [2.05, 4.69) is 29.1 Å². The van der Waals surface area contributed by atoms with E-state index in [1.54, 1.807) is 0 Å². The normalized spacial score (nSPS) is 18.1. The van der Waals surface area contributed by atoms with E-state index in [0.29, 0.717) is 32.7 Å². The van der Waals surface area contributed by atoms with Gasteiger partial charge in [0.1, 0.15) is 5.69 Å². The molecule has 3 aromatic rings. The predicted octanol–water partition coefficient (Wildman–Crippen LogP) is 4.24. The second-order valence-corrected chi connectivity index (χ2v) is 9.36. The standard InChI is InChI=1S/C28H33N3O4/c1-21-7-5-10-23(17-21)27-25(28(35-29-27)30-12-15-33-16-13-30)20-31(19-24-11-6-14-34-24)26(32)18-22-8-3-2-4-9-22/h2-5,7-10,17,24H,6,11-16,18-20H2,1H3/t24-/m1/s1. The van der Waals surface area contributed by atoms with Crippen LogP contribution in [0, 0.1) is 6.92 Å². The van der Waals surface area contributed by atoms with Crippen molar-refractivity contribution < 1.29 is 18.8 Å². The first-order valence-corrected chi connectivity index (χ1v) is 12.5. The van der Waals surface area contributed by atoms with Gasteiger partial charge in [-0.25, -0.2) is 0 Å². The van der Waals surface area contributed by atoms with E-state index in [0.717, 1.165) is 66.4 Å². The lowest BCUT2D eigenvalue weighted by atomic mass is 10.0. The van der Waals surface area contributed by atoms with Gasteiger partial charge in [0, 0.05) is 31.8 Å². The van der Waals surface area contributed by atoms with Crippen molar-refractivity contribution in [3.8, 4) is 11.3 Å². The fourth-order valence-electron chi connectivity index (χ4n) is 4.84. The number of carbonyl (C=O) groups is 1. The van der Waals surface area contributed by atoms with Crippen LogP contribution in [0.25, 0.3) is 11.3 Å². The minimum atomic E-state index is 0.0591. The van der Waals surface area contributed by atoms with Gasteiger partial charge in [-0.05, 0) is 31.4 Å². The molecule has 0 saturated carbocycles. The zero-order valence-electron chi connectivity index (χ0n) is 20.3. The number of ether oxygens (including phenoxy) is 2. The Bertz CT molecular complexity index is 1120. The van der Waals surface area contributed by atoms with Crippen molar-refractivity contribution in [2.24, 2.45) is 0 Å². The van der Waals surface area contributed by atoms with Crippen LogP contribution in [0.1, 0.15) is 29.5 Å². The summed E-state index contributed by atoms with van der Waals surface area (Å²) in [5.74, 6) is 0.811. The Kier molecular flexibility index (Phi) is 7.45. The molecule has 0 unspecified atom stereocenters. The lowest BCUT2D eigenvalue weighted by Gasteiger charge is -2.29. The van der Waals surface area contributed by atoms with E-state index < -0.39 is 0 Å². The molecular formula is C28H33N3O4. The number of nitrogens with zero attached hydrogens (tertiary/aromatic N) is 3. The average molecular weight is 476 g/mol. The van der Waals surface area contributed by atoms with Gasteiger partial charge < -0.3 is 23.8 Å². The van der Waals surface area contributed by atoms with E-state index in [4.69, 9.17) is 14.0 Å². The van der Waals surface area contributed by atoms with Crippen LogP contribution in [0.2, 0.25) is 0 Å². The van der Waals surface area contributed by atoms with Crippen LogP contribution in [-0.4, -0.2) is 61.5 Å². The lowest BCUT2D eigenvalue weighted by molar-refractivity contribution is -0.132. The maximum atomic E-state index is 13.6. The summed E-state index contributed by atoms with van der Waals surface area (Å²) in [7, 11) is 0. The first-order chi connectivity index (χ1) is 17.2. The highest BCUT2D eigenvalue weighted by molar-refractivity contribution is 5.79. The van der Waals surface area contributed by atoms with Crippen molar-refractivity contribution in [2.45, 2.75) is 38.8 Å². The molecule has 184 valence electrons. The second-order valence-electron chi connectivity index (χ2n) is 9.36. The minimum Gasteiger partial charge on any atom is -0.378 e. The topological polar surface area (TPSA) is 68.0 Å². The Labute approximate surface area is 206 Å². The molecule has 1 amide bonds. The molecule has 3 heterocycles. The van der Waals surface area contributed by atoms with Crippen LogP contribution in [-0.2, 0) is 27.2 Å². The van der Waals surface area contributed by atoms with Gasteiger partial charge in [0.05, 0.1) is 37.8 Å². The molecular weight excluding hydrogens is 442 g/mol. The third-order valence-corrected chi connectivity index (χ3v) is 6.71. The zero-order chi connectivity index (χ0) is 24.0. The van der Waals surface area contributed by atoms with Crippen molar-refractivity contribution in [3.05, 3.63) is 71.3 Å². The zero-order valence-corrected chi connectivity index (χ0v) is 20.3. The summed E-state index contributed by atoms with van der Waals surface area (Å²) < 4.78 is 17.4. The Morgan fingerprint density at radius 2 is 1.91 bits per heavy atom. The van der Waals surface area contributed by atoms with Crippen LogP contribution >= 0.6 is 0 Å².